The highest BCUT2D eigenvalue weighted by atomic mass is 35.5. The summed E-state index contributed by atoms with van der Waals surface area (Å²) in [6.45, 7) is 1.80. The number of halogens is 1. The number of carbonyl (C=O) groups excluding carboxylic acids is 1. The van der Waals surface area contributed by atoms with Crippen molar-refractivity contribution in [3.8, 4) is 12.3 Å². The van der Waals surface area contributed by atoms with Crippen LogP contribution in [0.25, 0.3) is 0 Å². The Bertz CT molecular complexity index is 934. The van der Waals surface area contributed by atoms with Crippen molar-refractivity contribution >= 4 is 27.5 Å². The van der Waals surface area contributed by atoms with Crippen LogP contribution in [0.15, 0.2) is 53.4 Å². The number of hydrogen-bond acceptors (Lipinski definition) is 3. The van der Waals surface area contributed by atoms with E-state index < -0.39 is 10.0 Å². The number of hydrogen-bond donors (Lipinski definition) is 1. The molecule has 0 saturated heterocycles. The van der Waals surface area contributed by atoms with E-state index in [1.807, 2.05) is 25.1 Å². The molecular formula is C19H19ClN2O3S. The first-order valence-corrected chi connectivity index (χ1v) is 9.68. The minimum atomic E-state index is -3.68. The lowest BCUT2D eigenvalue weighted by Crippen LogP contribution is -2.29. The molecule has 0 heterocycles. The predicted octanol–water partition coefficient (Wildman–Crippen LogP) is 3.08. The number of carbonyl (C=O) groups is 1. The second kappa shape index (κ2) is 8.37. The van der Waals surface area contributed by atoms with Crippen LogP contribution < -0.4 is 4.72 Å². The zero-order valence-corrected chi connectivity index (χ0v) is 16.0. The summed E-state index contributed by atoms with van der Waals surface area (Å²) in [7, 11) is -1.99. The van der Waals surface area contributed by atoms with Crippen molar-refractivity contribution in [3.63, 3.8) is 0 Å². The van der Waals surface area contributed by atoms with Crippen molar-refractivity contribution in [2.45, 2.75) is 17.9 Å². The van der Waals surface area contributed by atoms with Gasteiger partial charge >= 0.3 is 0 Å². The van der Waals surface area contributed by atoms with Crippen LogP contribution in [0.3, 0.4) is 0 Å². The molecule has 26 heavy (non-hydrogen) atoms. The molecule has 136 valence electrons. The minimum absolute atomic E-state index is 0.0508. The lowest BCUT2D eigenvalue weighted by molar-refractivity contribution is 0.0742. The molecule has 2 aromatic carbocycles. The Morgan fingerprint density at radius 3 is 2.50 bits per heavy atom. The van der Waals surface area contributed by atoms with Crippen LogP contribution in [-0.2, 0) is 10.0 Å². The molecular weight excluding hydrogens is 372 g/mol. The minimum Gasteiger partial charge on any atom is -0.335 e. The van der Waals surface area contributed by atoms with E-state index in [-0.39, 0.29) is 23.4 Å². The number of nitrogens with zero attached hydrogens (tertiary/aromatic N) is 1. The van der Waals surface area contributed by atoms with Gasteiger partial charge in [0.15, 0.2) is 0 Å². The summed E-state index contributed by atoms with van der Waals surface area (Å²) < 4.78 is 26.3. The van der Waals surface area contributed by atoms with E-state index >= 15 is 0 Å². The zero-order chi connectivity index (χ0) is 19.3. The molecule has 0 saturated carbocycles. The van der Waals surface area contributed by atoms with Gasteiger partial charge in [-0.1, -0.05) is 29.7 Å². The summed E-state index contributed by atoms with van der Waals surface area (Å²) >= 11 is 6.01. The monoisotopic (exact) mass is 390 g/mol. The largest absolute Gasteiger partial charge is 0.335 e. The maximum absolute atomic E-state index is 12.7. The number of sulfonamides is 1. The first-order valence-electron chi connectivity index (χ1n) is 7.82. The number of benzene rings is 2. The highest BCUT2D eigenvalue weighted by Crippen LogP contribution is 2.23. The van der Waals surface area contributed by atoms with Crippen molar-refractivity contribution in [2.75, 3.05) is 13.6 Å². The highest BCUT2D eigenvalue weighted by Gasteiger charge is 2.20. The fourth-order valence-corrected chi connectivity index (χ4v) is 3.50. The Balaban J connectivity index is 2.18. The third kappa shape index (κ3) is 4.64. The van der Waals surface area contributed by atoms with Crippen LogP contribution in [-0.4, -0.2) is 32.8 Å². The molecule has 2 rings (SSSR count). The third-order valence-electron chi connectivity index (χ3n) is 4.01. The number of terminal acetylenes is 1. The normalized spacial score (nSPS) is 12.2. The van der Waals surface area contributed by atoms with Gasteiger partial charge in [0.25, 0.3) is 5.91 Å². The van der Waals surface area contributed by atoms with Crippen LogP contribution in [0, 0.1) is 12.3 Å². The quantitative estimate of drug-likeness (QED) is 0.771. The van der Waals surface area contributed by atoms with Gasteiger partial charge < -0.3 is 4.90 Å². The fourth-order valence-electron chi connectivity index (χ4n) is 2.37. The first kappa shape index (κ1) is 20.0. The van der Waals surface area contributed by atoms with Crippen LogP contribution in [0.1, 0.15) is 28.9 Å². The summed E-state index contributed by atoms with van der Waals surface area (Å²) in [6.07, 6.45) is 5.06. The van der Waals surface area contributed by atoms with Gasteiger partial charge in [-0.2, -0.15) is 4.72 Å². The Morgan fingerprint density at radius 1 is 1.27 bits per heavy atom. The molecule has 2 aromatic rings. The predicted molar refractivity (Wildman–Crippen MR) is 102 cm³/mol. The van der Waals surface area contributed by atoms with Gasteiger partial charge in [0, 0.05) is 17.6 Å². The van der Waals surface area contributed by atoms with Crippen molar-refractivity contribution in [1.82, 2.24) is 9.62 Å². The molecule has 5 nitrogen and oxygen atoms in total. The number of amides is 1. The SMILES string of the molecule is C#CCNS(=O)(=O)c1ccc(C(=O)N(C)C(C)c2cccc(Cl)c2)cc1. The summed E-state index contributed by atoms with van der Waals surface area (Å²) in [5, 5.41) is 0.601. The molecule has 0 aliphatic rings. The highest BCUT2D eigenvalue weighted by molar-refractivity contribution is 7.89. The Kier molecular flexibility index (Phi) is 6.43. The fraction of sp³-hybridized carbons (Fsp3) is 0.211. The van der Waals surface area contributed by atoms with Crippen LogP contribution in [0.2, 0.25) is 5.02 Å². The van der Waals surface area contributed by atoms with E-state index in [1.54, 1.807) is 18.0 Å². The van der Waals surface area contributed by atoms with Crippen molar-refractivity contribution in [3.05, 3.63) is 64.7 Å². The maximum Gasteiger partial charge on any atom is 0.254 e. The van der Waals surface area contributed by atoms with E-state index in [0.29, 0.717) is 10.6 Å². The first-order chi connectivity index (χ1) is 12.3. The number of nitrogens with one attached hydrogen (secondary N) is 1. The second-order valence-corrected chi connectivity index (χ2v) is 7.90. The zero-order valence-electron chi connectivity index (χ0n) is 14.4. The van der Waals surface area contributed by atoms with Gasteiger partial charge in [0.2, 0.25) is 10.0 Å². The Labute approximate surface area is 159 Å². The van der Waals surface area contributed by atoms with E-state index in [1.165, 1.54) is 24.3 Å². The maximum atomic E-state index is 12.7. The van der Waals surface area contributed by atoms with E-state index in [4.69, 9.17) is 18.0 Å². The molecule has 1 atom stereocenters. The average Bonchev–Trinajstić information content (AvgIpc) is 2.64. The summed E-state index contributed by atoms with van der Waals surface area (Å²) in [5.74, 6) is 1.99. The molecule has 0 aliphatic heterocycles. The third-order valence-corrected chi connectivity index (χ3v) is 5.66. The van der Waals surface area contributed by atoms with Crippen molar-refractivity contribution < 1.29 is 13.2 Å². The van der Waals surface area contributed by atoms with Gasteiger partial charge in [-0.05, 0) is 48.9 Å². The summed E-state index contributed by atoms with van der Waals surface area (Å²) in [6, 6.07) is 12.8. The second-order valence-electron chi connectivity index (χ2n) is 5.70. The molecule has 0 bridgehead atoms. The topological polar surface area (TPSA) is 66.5 Å². The van der Waals surface area contributed by atoms with Gasteiger partial charge in [0.05, 0.1) is 17.5 Å². The van der Waals surface area contributed by atoms with Crippen molar-refractivity contribution in [1.29, 1.82) is 0 Å². The van der Waals surface area contributed by atoms with E-state index in [0.717, 1.165) is 5.56 Å². The van der Waals surface area contributed by atoms with Gasteiger partial charge in [-0.15, -0.1) is 6.42 Å². The van der Waals surface area contributed by atoms with Gasteiger partial charge in [0.1, 0.15) is 0 Å². The van der Waals surface area contributed by atoms with Gasteiger partial charge in [-0.3, -0.25) is 4.79 Å². The molecule has 0 spiro atoms. The van der Waals surface area contributed by atoms with Gasteiger partial charge in [-0.25, -0.2) is 8.42 Å². The van der Waals surface area contributed by atoms with Crippen molar-refractivity contribution in [2.24, 2.45) is 0 Å². The molecule has 1 amide bonds. The molecule has 7 heteroatoms. The smallest absolute Gasteiger partial charge is 0.254 e. The molecule has 0 fully saturated rings. The van der Waals surface area contributed by atoms with Crippen LogP contribution in [0.5, 0.6) is 0 Å². The molecule has 1 N–H and O–H groups in total. The Morgan fingerprint density at radius 2 is 1.92 bits per heavy atom. The molecule has 0 aliphatic carbocycles. The summed E-state index contributed by atoms with van der Waals surface area (Å²) in [5.41, 5.74) is 1.29. The molecule has 1 unspecified atom stereocenters. The van der Waals surface area contributed by atoms with E-state index in [2.05, 4.69) is 10.6 Å². The number of rotatable bonds is 6. The van der Waals surface area contributed by atoms with Crippen LogP contribution in [0.4, 0.5) is 0 Å². The molecule has 0 aromatic heterocycles. The average molecular weight is 391 g/mol. The lowest BCUT2D eigenvalue weighted by Gasteiger charge is -2.25. The summed E-state index contributed by atoms with van der Waals surface area (Å²) in [4.78, 5) is 14.3. The molecule has 0 radical (unpaired) electrons. The Hall–Kier alpha value is -2.33. The van der Waals surface area contributed by atoms with Crippen LogP contribution >= 0.6 is 11.6 Å². The van der Waals surface area contributed by atoms with E-state index in [9.17, 15) is 13.2 Å². The standard InChI is InChI=1S/C19H19ClN2O3S/c1-4-12-21-26(24,25)18-10-8-15(9-11-18)19(23)22(3)14(2)16-6-5-7-17(20)13-16/h1,5-11,13-14,21H,12H2,2-3H3. The lowest BCUT2D eigenvalue weighted by atomic mass is 10.1.